The number of hydrogen-bond acceptors (Lipinski definition) is 15. The van der Waals surface area contributed by atoms with E-state index in [9.17, 15) is 28.4 Å². The molecule has 1 atom stereocenters. The molecule has 21 heteroatoms. The first kappa shape index (κ1) is 50.3. The van der Waals surface area contributed by atoms with Crippen LogP contribution >= 0.6 is 22.9 Å². The molecule has 2 aromatic carbocycles. The van der Waals surface area contributed by atoms with Gasteiger partial charge in [0.15, 0.2) is 16.7 Å². The number of halogens is 2. The van der Waals surface area contributed by atoms with Crippen molar-refractivity contribution in [3.8, 4) is 5.75 Å². The topological polar surface area (TPSA) is 221 Å². The van der Waals surface area contributed by atoms with Crippen LogP contribution < -0.4 is 31.3 Å². The van der Waals surface area contributed by atoms with Gasteiger partial charge in [-0.2, -0.15) is 0 Å². The summed E-state index contributed by atoms with van der Waals surface area (Å²) in [5.74, 6) is -1.49. The predicted molar refractivity (Wildman–Crippen MR) is 250 cm³/mol. The molecule has 364 valence electrons. The number of aromatic nitrogens is 2. The van der Waals surface area contributed by atoms with Crippen molar-refractivity contribution in [2.24, 2.45) is 5.41 Å². The lowest BCUT2D eigenvalue weighted by atomic mass is 9.69. The summed E-state index contributed by atoms with van der Waals surface area (Å²) in [7, 11) is 0. The molecule has 4 heterocycles. The van der Waals surface area contributed by atoms with Crippen molar-refractivity contribution < 1.29 is 52.0 Å². The second kappa shape index (κ2) is 25.1. The van der Waals surface area contributed by atoms with Gasteiger partial charge in [0.1, 0.15) is 18.5 Å². The maximum absolute atomic E-state index is 14.6. The normalized spacial score (nSPS) is 19.1. The molecule has 7 rings (SSSR count). The van der Waals surface area contributed by atoms with Crippen molar-refractivity contribution in [2.75, 3.05) is 83.1 Å². The zero-order valence-corrected chi connectivity index (χ0v) is 39.1. The molecule has 1 aliphatic carbocycles. The number of anilines is 3. The van der Waals surface area contributed by atoms with Crippen LogP contribution in [-0.2, 0) is 51.1 Å². The van der Waals surface area contributed by atoms with E-state index in [1.54, 1.807) is 36.5 Å². The first-order valence-electron chi connectivity index (χ1n) is 22.7. The lowest BCUT2D eigenvalue weighted by molar-refractivity contribution is -0.137. The molecule has 5 amide bonds. The highest BCUT2D eigenvalue weighted by Crippen LogP contribution is 2.41. The number of carbonyl (C=O) groups is 5. The average molecular weight is 980 g/mol. The molecule has 1 saturated carbocycles. The lowest BCUT2D eigenvalue weighted by Gasteiger charge is -2.39. The molecule has 68 heavy (non-hydrogen) atoms. The van der Waals surface area contributed by atoms with E-state index in [1.165, 1.54) is 22.3 Å². The second-order valence-corrected chi connectivity index (χ2v) is 17.8. The van der Waals surface area contributed by atoms with Crippen molar-refractivity contribution in [1.29, 1.82) is 0 Å². The third-order valence-electron chi connectivity index (χ3n) is 11.8. The molecule has 4 aromatic rings. The van der Waals surface area contributed by atoms with Crippen molar-refractivity contribution in [3.05, 3.63) is 93.8 Å². The van der Waals surface area contributed by atoms with E-state index in [0.717, 1.165) is 10.8 Å². The minimum absolute atomic E-state index is 0.00308. The molecule has 0 spiro atoms. The summed E-state index contributed by atoms with van der Waals surface area (Å²) >= 11 is 7.44. The van der Waals surface area contributed by atoms with E-state index in [4.69, 9.17) is 40.3 Å². The van der Waals surface area contributed by atoms with Crippen molar-refractivity contribution in [3.63, 3.8) is 0 Å². The Labute approximate surface area is 402 Å². The standard InChI is InChI=1S/C47H56ClFN8O10S/c48-35-6-3-8-38(42(35)49)67-32-12-14-47(15-13-32,28-31-4-1-9-39(53-31)55-46-52-19-27-68-46)45(62)51-18-22-64-24-26-65-25-23-63-20-16-50-17-21-66-30-41(59)54-36-7-2-5-33-34(36)29-57(44(33)61)37-10-11-40(58)56-43(37)60/h1-9,19,27,32,37,50H,10-18,20-26,28-30H2,(H,51,62)(H,54,59)(H,52,53,55)(H,56,58,60)/t32-,37?,47-. The van der Waals surface area contributed by atoms with Gasteiger partial charge in [-0.25, -0.2) is 14.4 Å². The number of hydrogen-bond donors (Lipinski definition) is 5. The van der Waals surface area contributed by atoms with Gasteiger partial charge in [-0.1, -0.05) is 29.8 Å². The number of carbonyl (C=O) groups excluding carboxylic acids is 5. The van der Waals surface area contributed by atoms with E-state index >= 15 is 0 Å². The summed E-state index contributed by atoms with van der Waals surface area (Å²) in [4.78, 5) is 74.0. The Hall–Kier alpha value is -5.61. The van der Waals surface area contributed by atoms with Crippen molar-refractivity contribution >= 4 is 69.1 Å². The fraction of sp³-hybridized carbons (Fsp3) is 0.468. The fourth-order valence-electron chi connectivity index (χ4n) is 8.32. The van der Waals surface area contributed by atoms with Crippen LogP contribution in [0.15, 0.2) is 66.2 Å². The second-order valence-electron chi connectivity index (χ2n) is 16.5. The number of nitrogens with zero attached hydrogens (tertiary/aromatic N) is 3. The third kappa shape index (κ3) is 14.0. The van der Waals surface area contributed by atoms with Gasteiger partial charge in [-0.15, -0.1) is 11.3 Å². The summed E-state index contributed by atoms with van der Waals surface area (Å²) in [6.07, 6.45) is 4.39. The highest BCUT2D eigenvalue weighted by Gasteiger charge is 2.43. The minimum atomic E-state index is -0.756. The number of nitrogens with one attached hydrogen (secondary N) is 5. The van der Waals surface area contributed by atoms with Gasteiger partial charge in [-0.3, -0.25) is 29.3 Å². The molecule has 0 bridgehead atoms. The van der Waals surface area contributed by atoms with E-state index in [-0.39, 0.29) is 66.5 Å². The number of piperidine rings is 1. The summed E-state index contributed by atoms with van der Waals surface area (Å²) in [5.41, 5.74) is 1.51. The minimum Gasteiger partial charge on any atom is -0.487 e. The Bertz CT molecular complexity index is 2360. The summed E-state index contributed by atoms with van der Waals surface area (Å²) in [5, 5.41) is 17.2. The van der Waals surface area contributed by atoms with E-state index in [0.29, 0.717) is 121 Å². The highest BCUT2D eigenvalue weighted by atomic mass is 35.5. The summed E-state index contributed by atoms with van der Waals surface area (Å²) in [6.45, 7) is 3.90. The van der Waals surface area contributed by atoms with Crippen LogP contribution in [0.2, 0.25) is 5.02 Å². The van der Waals surface area contributed by atoms with Crippen molar-refractivity contribution in [2.45, 2.75) is 63.6 Å². The van der Waals surface area contributed by atoms with Gasteiger partial charge >= 0.3 is 0 Å². The number of amides is 5. The van der Waals surface area contributed by atoms with Crippen LogP contribution in [0, 0.1) is 11.2 Å². The Morgan fingerprint density at radius 3 is 2.35 bits per heavy atom. The zero-order chi connectivity index (χ0) is 47.7. The van der Waals surface area contributed by atoms with Crippen LogP contribution in [-0.4, -0.2) is 129 Å². The van der Waals surface area contributed by atoms with E-state index in [2.05, 4.69) is 31.6 Å². The van der Waals surface area contributed by atoms with Gasteiger partial charge < -0.3 is 49.9 Å². The molecule has 2 fully saturated rings. The summed E-state index contributed by atoms with van der Waals surface area (Å²) in [6, 6.07) is 14.6. The van der Waals surface area contributed by atoms with Crippen LogP contribution in [0.3, 0.4) is 0 Å². The Morgan fingerprint density at radius 1 is 0.882 bits per heavy atom. The van der Waals surface area contributed by atoms with Gasteiger partial charge in [-0.05, 0) is 68.5 Å². The SMILES string of the molecule is O=C1CCC(N2Cc3c(NC(=O)COCCNCCOCCOCCOCCNC(=O)[C@]4(Cc5cccc(Nc6nccs6)n5)CC[C@@H](Oc5cccc(Cl)c5F)CC4)cccc3C2=O)C(=O)N1. The maximum Gasteiger partial charge on any atom is 0.255 e. The molecule has 5 N–H and O–H groups in total. The average Bonchev–Trinajstić information content (AvgIpc) is 3.97. The maximum atomic E-state index is 14.6. The van der Waals surface area contributed by atoms with Gasteiger partial charge in [0.2, 0.25) is 23.6 Å². The third-order valence-corrected chi connectivity index (χ3v) is 12.8. The number of fused-ring (bicyclic) bond motifs is 1. The molecular formula is C47H56ClFN8O10S. The molecule has 0 radical (unpaired) electrons. The lowest BCUT2D eigenvalue weighted by Crippen LogP contribution is -2.52. The first-order valence-corrected chi connectivity index (χ1v) is 23.9. The Balaban J connectivity index is 0.720. The number of ether oxygens (including phenoxy) is 5. The quantitative estimate of drug-likeness (QED) is 0.0422. The predicted octanol–water partition coefficient (Wildman–Crippen LogP) is 4.80. The number of imide groups is 1. The Kier molecular flexibility index (Phi) is 18.6. The molecule has 2 aromatic heterocycles. The number of benzene rings is 2. The molecule has 1 unspecified atom stereocenters. The van der Waals surface area contributed by atoms with Crippen LogP contribution in [0.1, 0.15) is 60.1 Å². The number of pyridine rings is 1. The van der Waals surface area contributed by atoms with E-state index < -0.39 is 23.2 Å². The van der Waals surface area contributed by atoms with Gasteiger partial charge in [0, 0.05) is 73.1 Å². The summed E-state index contributed by atoms with van der Waals surface area (Å²) < 4.78 is 43.1. The molecular weight excluding hydrogens is 923 g/mol. The molecule has 3 aliphatic rings. The fourth-order valence-corrected chi connectivity index (χ4v) is 9.02. The number of thiazole rings is 1. The van der Waals surface area contributed by atoms with Crippen molar-refractivity contribution in [1.82, 2.24) is 30.8 Å². The van der Waals surface area contributed by atoms with Crippen LogP contribution in [0.4, 0.5) is 21.0 Å². The van der Waals surface area contributed by atoms with Crippen LogP contribution in [0.5, 0.6) is 5.75 Å². The molecule has 1 saturated heterocycles. The highest BCUT2D eigenvalue weighted by molar-refractivity contribution is 7.13. The van der Waals surface area contributed by atoms with Gasteiger partial charge in [0.05, 0.1) is 62.8 Å². The number of rotatable bonds is 26. The smallest absolute Gasteiger partial charge is 0.255 e. The largest absolute Gasteiger partial charge is 0.487 e. The van der Waals surface area contributed by atoms with Crippen LogP contribution in [0.25, 0.3) is 0 Å². The Morgan fingerprint density at radius 2 is 1.60 bits per heavy atom. The zero-order valence-electron chi connectivity index (χ0n) is 37.5. The molecule has 2 aliphatic heterocycles. The first-order chi connectivity index (χ1) is 33.1. The van der Waals surface area contributed by atoms with Gasteiger partial charge in [0.25, 0.3) is 5.91 Å². The van der Waals surface area contributed by atoms with E-state index in [1.807, 2.05) is 23.6 Å². The molecule has 18 nitrogen and oxygen atoms in total. The monoisotopic (exact) mass is 978 g/mol.